The number of carbonyl (C=O) groups excluding carboxylic acids is 1. The van der Waals surface area contributed by atoms with Gasteiger partial charge in [-0.1, -0.05) is 70.6 Å². The molecule has 1 saturated heterocycles. The molecular weight excluding hydrogens is 411 g/mol. The first-order valence-corrected chi connectivity index (χ1v) is 13.0. The second-order valence-corrected chi connectivity index (χ2v) is 10.5. The zero-order valence-electron chi connectivity index (χ0n) is 21.6. The number of rotatable bonds is 12. The summed E-state index contributed by atoms with van der Waals surface area (Å²) in [6, 6.07) is 8.07. The monoisotopic (exact) mass is 454 g/mol. The molecule has 0 atom stereocenters. The molecule has 0 radical (unpaired) electrons. The third-order valence-corrected chi connectivity index (χ3v) is 7.28. The van der Waals surface area contributed by atoms with Crippen LogP contribution in [0.5, 0.6) is 0 Å². The van der Waals surface area contributed by atoms with Gasteiger partial charge in [0.2, 0.25) is 0 Å². The molecule has 1 fully saturated rings. The average molecular weight is 454 g/mol. The summed E-state index contributed by atoms with van der Waals surface area (Å²) in [6.45, 7) is 14.3. The fraction of sp³-hybridized carbons (Fsp3) is 0.667. The summed E-state index contributed by atoms with van der Waals surface area (Å²) in [5.41, 5.74) is 1.72. The van der Waals surface area contributed by atoms with E-state index in [4.69, 9.17) is 9.31 Å². The van der Waals surface area contributed by atoms with Gasteiger partial charge < -0.3 is 19.2 Å². The van der Waals surface area contributed by atoms with E-state index in [-0.39, 0.29) is 5.91 Å². The summed E-state index contributed by atoms with van der Waals surface area (Å²) < 4.78 is 12.6. The summed E-state index contributed by atoms with van der Waals surface area (Å²) in [4.78, 5) is 19.0. The maximum Gasteiger partial charge on any atom is 0.497 e. The van der Waals surface area contributed by atoms with Crippen LogP contribution in [0.25, 0.3) is 10.9 Å². The van der Waals surface area contributed by atoms with Crippen molar-refractivity contribution in [2.45, 2.75) is 104 Å². The molecule has 0 spiro atoms. The van der Waals surface area contributed by atoms with E-state index in [1.54, 1.807) is 0 Å². The van der Waals surface area contributed by atoms with Gasteiger partial charge >= 0.3 is 7.12 Å². The number of aromatic nitrogens is 1. The number of hydrogen-bond acceptors (Lipinski definition) is 3. The Morgan fingerprint density at radius 2 is 1.48 bits per heavy atom. The molecule has 1 aliphatic heterocycles. The van der Waals surface area contributed by atoms with Gasteiger partial charge in [0.15, 0.2) is 0 Å². The number of aromatic amines is 1. The van der Waals surface area contributed by atoms with Crippen molar-refractivity contribution in [3.05, 3.63) is 30.0 Å². The predicted molar refractivity (Wildman–Crippen MR) is 138 cm³/mol. The first-order valence-electron chi connectivity index (χ1n) is 13.0. The molecule has 1 aliphatic rings. The number of nitrogens with zero attached hydrogens (tertiary/aromatic N) is 1. The van der Waals surface area contributed by atoms with Crippen molar-refractivity contribution >= 4 is 29.4 Å². The number of H-pyrrole nitrogens is 1. The Labute approximate surface area is 200 Å². The molecule has 3 rings (SSSR count). The van der Waals surface area contributed by atoms with Crippen LogP contribution in [0, 0.1) is 0 Å². The highest BCUT2D eigenvalue weighted by molar-refractivity contribution is 6.65. The highest BCUT2D eigenvalue weighted by Gasteiger charge is 2.52. The first kappa shape index (κ1) is 25.8. The first-order chi connectivity index (χ1) is 15.7. The van der Waals surface area contributed by atoms with E-state index in [0.29, 0.717) is 5.69 Å². The number of hydrogen-bond donors (Lipinski definition) is 1. The molecule has 6 heteroatoms. The number of unbranched alkanes of at least 4 members (excludes halogenated alkanes) is 6. The molecule has 2 aromatic rings. The van der Waals surface area contributed by atoms with Crippen LogP contribution in [-0.4, -0.2) is 47.2 Å². The maximum absolute atomic E-state index is 13.5. The third kappa shape index (κ3) is 6.02. The molecule has 1 N–H and O–H groups in total. The molecule has 0 aliphatic carbocycles. The number of carbonyl (C=O) groups is 1. The number of fused-ring (bicyclic) bond motifs is 1. The van der Waals surface area contributed by atoms with Crippen molar-refractivity contribution in [3.63, 3.8) is 0 Å². The van der Waals surface area contributed by atoms with Crippen molar-refractivity contribution in [3.8, 4) is 0 Å². The van der Waals surface area contributed by atoms with E-state index in [0.717, 1.165) is 42.3 Å². The van der Waals surface area contributed by atoms with Crippen LogP contribution in [0.2, 0.25) is 0 Å². The van der Waals surface area contributed by atoms with Gasteiger partial charge in [-0.05, 0) is 52.0 Å². The van der Waals surface area contributed by atoms with Gasteiger partial charge in [-0.2, -0.15) is 0 Å². The van der Waals surface area contributed by atoms with E-state index in [9.17, 15) is 4.79 Å². The topological polar surface area (TPSA) is 54.6 Å². The van der Waals surface area contributed by atoms with Crippen LogP contribution in [-0.2, 0) is 9.31 Å². The summed E-state index contributed by atoms with van der Waals surface area (Å²) in [5, 5.41) is 1.02. The molecule has 1 amide bonds. The minimum absolute atomic E-state index is 0.0964. The van der Waals surface area contributed by atoms with Crippen LogP contribution in [0.3, 0.4) is 0 Å². The van der Waals surface area contributed by atoms with Gasteiger partial charge in [-0.25, -0.2) is 0 Å². The Kier molecular flexibility index (Phi) is 8.68. The Bertz CT molecular complexity index is 893. The Balaban J connectivity index is 1.81. The summed E-state index contributed by atoms with van der Waals surface area (Å²) >= 11 is 0. The quantitative estimate of drug-likeness (QED) is 0.313. The fourth-order valence-corrected chi connectivity index (χ4v) is 4.41. The van der Waals surface area contributed by atoms with Crippen molar-refractivity contribution < 1.29 is 14.1 Å². The van der Waals surface area contributed by atoms with E-state index < -0.39 is 18.3 Å². The van der Waals surface area contributed by atoms with E-state index in [1.807, 2.05) is 29.2 Å². The van der Waals surface area contributed by atoms with Crippen molar-refractivity contribution in [2.24, 2.45) is 0 Å². The second kappa shape index (κ2) is 11.1. The lowest BCUT2D eigenvalue weighted by molar-refractivity contribution is 0.00578. The van der Waals surface area contributed by atoms with Gasteiger partial charge in [-0.3, -0.25) is 4.79 Å². The number of amides is 1. The maximum atomic E-state index is 13.5. The largest absolute Gasteiger partial charge is 0.497 e. The van der Waals surface area contributed by atoms with E-state index in [1.165, 1.54) is 38.5 Å². The van der Waals surface area contributed by atoms with Gasteiger partial charge in [-0.15, -0.1) is 0 Å². The van der Waals surface area contributed by atoms with E-state index in [2.05, 4.69) is 46.5 Å². The van der Waals surface area contributed by atoms with Gasteiger partial charge in [0.05, 0.1) is 11.2 Å². The molecule has 33 heavy (non-hydrogen) atoms. The normalized spacial score (nSPS) is 17.1. The molecule has 0 unspecified atom stereocenters. The van der Waals surface area contributed by atoms with Crippen molar-refractivity contribution in [1.29, 1.82) is 0 Å². The lowest BCUT2D eigenvalue weighted by atomic mass is 9.78. The smallest absolute Gasteiger partial charge is 0.399 e. The van der Waals surface area contributed by atoms with Crippen LogP contribution < -0.4 is 5.46 Å². The van der Waals surface area contributed by atoms with Crippen LogP contribution in [0.15, 0.2) is 24.3 Å². The lowest BCUT2D eigenvalue weighted by Crippen LogP contribution is -2.41. The summed E-state index contributed by atoms with van der Waals surface area (Å²) in [6.07, 6.45) is 9.33. The summed E-state index contributed by atoms with van der Waals surface area (Å²) in [7, 11) is -0.459. The zero-order valence-corrected chi connectivity index (χ0v) is 21.6. The SMILES string of the molecule is CCCCCCN(CCCCCC)C(=O)c1cc2cccc(B3OC(C)(C)C(C)(C)O3)c2[nH]1. The molecule has 1 aromatic heterocycles. The predicted octanol–water partition coefficient (Wildman–Crippen LogP) is 6.07. The van der Waals surface area contributed by atoms with Gasteiger partial charge in [0, 0.05) is 24.1 Å². The van der Waals surface area contributed by atoms with Crippen molar-refractivity contribution in [1.82, 2.24) is 9.88 Å². The second-order valence-electron chi connectivity index (χ2n) is 10.5. The highest BCUT2D eigenvalue weighted by atomic mass is 16.7. The van der Waals surface area contributed by atoms with Crippen molar-refractivity contribution in [2.75, 3.05) is 13.1 Å². The highest BCUT2D eigenvalue weighted by Crippen LogP contribution is 2.37. The molecule has 1 aromatic carbocycles. The molecule has 5 nitrogen and oxygen atoms in total. The Morgan fingerprint density at radius 1 is 0.909 bits per heavy atom. The number of nitrogens with one attached hydrogen (secondary N) is 1. The number of para-hydroxylation sites is 1. The van der Waals surface area contributed by atoms with Crippen LogP contribution in [0.4, 0.5) is 0 Å². The minimum atomic E-state index is -0.459. The van der Waals surface area contributed by atoms with E-state index >= 15 is 0 Å². The number of benzene rings is 1. The Morgan fingerprint density at radius 3 is 2.03 bits per heavy atom. The average Bonchev–Trinajstić information content (AvgIpc) is 3.29. The molecule has 182 valence electrons. The fourth-order valence-electron chi connectivity index (χ4n) is 4.41. The molecule has 0 bridgehead atoms. The van der Waals surface area contributed by atoms with Crippen LogP contribution >= 0.6 is 0 Å². The molecular formula is C27H43BN2O3. The Hall–Kier alpha value is -1.79. The minimum Gasteiger partial charge on any atom is -0.399 e. The standard InChI is InChI=1S/C27H43BN2O3/c1-7-9-11-13-18-30(19-14-12-10-8-2)25(31)23-20-21-16-15-17-22(24(21)29-23)28-32-26(3,4)27(5,6)33-28/h15-17,20,29H,7-14,18-19H2,1-6H3. The van der Waals surface area contributed by atoms with Gasteiger partial charge in [0.25, 0.3) is 5.91 Å². The molecule has 2 heterocycles. The van der Waals surface area contributed by atoms with Crippen LogP contribution in [0.1, 0.15) is 103 Å². The zero-order chi connectivity index (χ0) is 24.1. The lowest BCUT2D eigenvalue weighted by Gasteiger charge is -2.32. The summed E-state index contributed by atoms with van der Waals surface area (Å²) in [5.74, 6) is 0.0964. The molecule has 0 saturated carbocycles. The van der Waals surface area contributed by atoms with Gasteiger partial charge in [0.1, 0.15) is 5.69 Å². The third-order valence-electron chi connectivity index (χ3n) is 7.28.